The molecule has 1 aliphatic carbocycles. The number of morpholine rings is 1. The van der Waals surface area contributed by atoms with Crippen molar-refractivity contribution in [3.8, 4) is 0 Å². The minimum absolute atomic E-state index is 0.0802. The van der Waals surface area contributed by atoms with E-state index >= 15 is 0 Å². The van der Waals surface area contributed by atoms with Crippen LogP contribution in [0.2, 0.25) is 0 Å². The first-order valence-corrected chi connectivity index (χ1v) is 7.25. The average Bonchev–Trinajstić information content (AvgIpc) is 2.40. The summed E-state index contributed by atoms with van der Waals surface area (Å²) < 4.78 is 5.48. The lowest BCUT2D eigenvalue weighted by molar-refractivity contribution is -0.141. The van der Waals surface area contributed by atoms with Crippen LogP contribution in [-0.4, -0.2) is 43.2 Å². The van der Waals surface area contributed by atoms with E-state index in [-0.39, 0.29) is 17.4 Å². The molecule has 1 amide bonds. The number of ether oxygens (including phenoxy) is 1. The lowest BCUT2D eigenvalue weighted by atomic mass is 9.71. The van der Waals surface area contributed by atoms with Gasteiger partial charge in [0.15, 0.2) is 0 Å². The minimum atomic E-state index is 0.0802. The molecule has 0 bridgehead atoms. The lowest BCUT2D eigenvalue weighted by Crippen LogP contribution is -2.47. The third-order valence-electron chi connectivity index (χ3n) is 4.47. The molecule has 0 spiro atoms. The smallest absolute Gasteiger partial charge is 0.223 e. The van der Waals surface area contributed by atoms with Crippen LogP contribution >= 0.6 is 0 Å². The van der Waals surface area contributed by atoms with Crippen molar-refractivity contribution in [2.75, 3.05) is 26.2 Å². The Morgan fingerprint density at radius 3 is 2.72 bits per heavy atom. The number of nitrogens with zero attached hydrogens (tertiary/aromatic N) is 1. The van der Waals surface area contributed by atoms with Gasteiger partial charge in [-0.1, -0.05) is 19.3 Å². The molecule has 0 aromatic rings. The number of hydrogen-bond acceptors (Lipinski definition) is 3. The van der Waals surface area contributed by atoms with Gasteiger partial charge < -0.3 is 15.4 Å². The minimum Gasteiger partial charge on any atom is -0.375 e. The highest BCUT2D eigenvalue weighted by Crippen LogP contribution is 2.38. The van der Waals surface area contributed by atoms with Crippen LogP contribution in [0, 0.1) is 5.41 Å². The van der Waals surface area contributed by atoms with Crippen molar-refractivity contribution in [1.29, 1.82) is 0 Å². The van der Waals surface area contributed by atoms with Crippen LogP contribution in [0.15, 0.2) is 0 Å². The second-order valence-corrected chi connectivity index (χ2v) is 5.96. The number of carbonyl (C=O) groups excluding carboxylic acids is 1. The van der Waals surface area contributed by atoms with Gasteiger partial charge in [0.1, 0.15) is 0 Å². The monoisotopic (exact) mass is 254 g/mol. The first kappa shape index (κ1) is 13.8. The molecule has 1 atom stereocenters. The molecular formula is C14H26N2O2. The molecule has 1 saturated heterocycles. The fourth-order valence-electron chi connectivity index (χ4n) is 3.23. The maximum absolute atomic E-state index is 12.4. The molecule has 0 aromatic heterocycles. The summed E-state index contributed by atoms with van der Waals surface area (Å²) in [6.45, 7) is 4.82. The van der Waals surface area contributed by atoms with Crippen molar-refractivity contribution in [3.63, 3.8) is 0 Å². The standard InChI is InChI=1S/C14H26N2O2/c1-12-10-16(7-8-18-12)13(17)9-14(11-15)5-3-2-4-6-14/h12H,2-11,15H2,1H3. The van der Waals surface area contributed by atoms with Crippen LogP contribution in [0.4, 0.5) is 0 Å². The molecule has 0 aromatic carbocycles. The Morgan fingerprint density at radius 1 is 1.39 bits per heavy atom. The lowest BCUT2D eigenvalue weighted by Gasteiger charge is -2.39. The third kappa shape index (κ3) is 3.23. The molecule has 2 rings (SSSR count). The van der Waals surface area contributed by atoms with E-state index in [9.17, 15) is 4.79 Å². The summed E-state index contributed by atoms with van der Waals surface area (Å²) >= 11 is 0. The summed E-state index contributed by atoms with van der Waals surface area (Å²) in [5.41, 5.74) is 6.03. The Balaban J connectivity index is 1.92. The molecule has 4 heteroatoms. The molecule has 1 unspecified atom stereocenters. The van der Waals surface area contributed by atoms with Gasteiger partial charge in [0.25, 0.3) is 0 Å². The quantitative estimate of drug-likeness (QED) is 0.831. The predicted molar refractivity (Wildman–Crippen MR) is 71.2 cm³/mol. The van der Waals surface area contributed by atoms with Crippen LogP contribution in [0.1, 0.15) is 45.4 Å². The molecule has 1 saturated carbocycles. The van der Waals surface area contributed by atoms with Crippen molar-refractivity contribution in [2.45, 2.75) is 51.6 Å². The molecular weight excluding hydrogens is 228 g/mol. The van der Waals surface area contributed by atoms with Crippen molar-refractivity contribution < 1.29 is 9.53 Å². The van der Waals surface area contributed by atoms with E-state index in [0.29, 0.717) is 19.6 Å². The SMILES string of the molecule is CC1CN(C(=O)CC2(CN)CCCCC2)CCO1. The number of carbonyl (C=O) groups is 1. The maximum atomic E-state index is 12.4. The van der Waals surface area contributed by atoms with Crippen molar-refractivity contribution >= 4 is 5.91 Å². The summed E-state index contributed by atoms with van der Waals surface area (Å²) in [5.74, 6) is 0.275. The zero-order valence-electron chi connectivity index (χ0n) is 11.5. The Hall–Kier alpha value is -0.610. The van der Waals surface area contributed by atoms with Gasteiger partial charge in [-0.25, -0.2) is 0 Å². The average molecular weight is 254 g/mol. The van der Waals surface area contributed by atoms with Gasteiger partial charge in [0.2, 0.25) is 5.91 Å². The van der Waals surface area contributed by atoms with E-state index < -0.39 is 0 Å². The molecule has 2 fully saturated rings. The Labute approximate surface area is 110 Å². The van der Waals surface area contributed by atoms with E-state index in [1.54, 1.807) is 0 Å². The Bertz CT molecular complexity index is 288. The van der Waals surface area contributed by atoms with Gasteiger partial charge in [0, 0.05) is 19.5 Å². The first-order chi connectivity index (χ1) is 8.65. The molecule has 1 aliphatic heterocycles. The van der Waals surface area contributed by atoms with Gasteiger partial charge in [0.05, 0.1) is 12.7 Å². The van der Waals surface area contributed by atoms with Crippen LogP contribution in [-0.2, 0) is 9.53 Å². The molecule has 2 aliphatic rings. The topological polar surface area (TPSA) is 55.6 Å². The molecule has 18 heavy (non-hydrogen) atoms. The zero-order chi connectivity index (χ0) is 13.0. The Morgan fingerprint density at radius 2 is 2.11 bits per heavy atom. The Kier molecular flexibility index (Phi) is 4.62. The van der Waals surface area contributed by atoms with E-state index in [4.69, 9.17) is 10.5 Å². The van der Waals surface area contributed by atoms with E-state index in [1.807, 2.05) is 11.8 Å². The van der Waals surface area contributed by atoms with Crippen LogP contribution in [0.5, 0.6) is 0 Å². The van der Waals surface area contributed by atoms with Crippen LogP contribution in [0.3, 0.4) is 0 Å². The molecule has 0 radical (unpaired) electrons. The highest BCUT2D eigenvalue weighted by atomic mass is 16.5. The number of rotatable bonds is 3. The molecule has 2 N–H and O–H groups in total. The normalized spacial score (nSPS) is 28.1. The first-order valence-electron chi connectivity index (χ1n) is 7.25. The van der Waals surface area contributed by atoms with E-state index in [2.05, 4.69) is 0 Å². The molecule has 104 valence electrons. The number of amides is 1. The maximum Gasteiger partial charge on any atom is 0.223 e. The van der Waals surface area contributed by atoms with E-state index in [1.165, 1.54) is 19.3 Å². The predicted octanol–water partition coefficient (Wildman–Crippen LogP) is 1.53. The second-order valence-electron chi connectivity index (χ2n) is 5.96. The summed E-state index contributed by atoms with van der Waals surface area (Å²) in [7, 11) is 0. The van der Waals surface area contributed by atoms with Crippen LogP contribution < -0.4 is 5.73 Å². The van der Waals surface area contributed by atoms with E-state index in [0.717, 1.165) is 25.9 Å². The molecule has 4 nitrogen and oxygen atoms in total. The third-order valence-corrected chi connectivity index (χ3v) is 4.47. The summed E-state index contributed by atoms with van der Waals surface area (Å²) in [4.78, 5) is 14.3. The van der Waals surface area contributed by atoms with Crippen LogP contribution in [0.25, 0.3) is 0 Å². The van der Waals surface area contributed by atoms with Gasteiger partial charge in [-0.05, 0) is 31.7 Å². The number of hydrogen-bond donors (Lipinski definition) is 1. The summed E-state index contributed by atoms with van der Waals surface area (Å²) in [6, 6.07) is 0. The fourth-order valence-corrected chi connectivity index (χ4v) is 3.23. The van der Waals surface area contributed by atoms with Gasteiger partial charge in [-0.2, -0.15) is 0 Å². The van der Waals surface area contributed by atoms with Gasteiger partial charge in [-0.15, -0.1) is 0 Å². The number of nitrogens with two attached hydrogens (primary N) is 1. The fraction of sp³-hybridized carbons (Fsp3) is 0.929. The summed E-state index contributed by atoms with van der Waals surface area (Å²) in [6.07, 6.45) is 6.79. The van der Waals surface area contributed by atoms with Gasteiger partial charge in [-0.3, -0.25) is 4.79 Å². The van der Waals surface area contributed by atoms with Crippen molar-refractivity contribution in [2.24, 2.45) is 11.1 Å². The van der Waals surface area contributed by atoms with Gasteiger partial charge >= 0.3 is 0 Å². The second kappa shape index (κ2) is 6.02. The highest BCUT2D eigenvalue weighted by molar-refractivity contribution is 5.77. The highest BCUT2D eigenvalue weighted by Gasteiger charge is 2.35. The molecule has 1 heterocycles. The largest absolute Gasteiger partial charge is 0.375 e. The van der Waals surface area contributed by atoms with Crippen molar-refractivity contribution in [3.05, 3.63) is 0 Å². The summed E-state index contributed by atoms with van der Waals surface area (Å²) in [5, 5.41) is 0. The van der Waals surface area contributed by atoms with Crippen molar-refractivity contribution in [1.82, 2.24) is 4.90 Å². The zero-order valence-corrected chi connectivity index (χ0v) is 11.5.